The van der Waals surface area contributed by atoms with E-state index in [9.17, 15) is 0 Å². The van der Waals surface area contributed by atoms with Gasteiger partial charge in [0.25, 0.3) is 0 Å². The van der Waals surface area contributed by atoms with Crippen molar-refractivity contribution in [3.63, 3.8) is 0 Å². The lowest BCUT2D eigenvalue weighted by Gasteiger charge is -2.05. The number of aryl methyl sites for hydroxylation is 2. The Morgan fingerprint density at radius 3 is 2.60 bits per heavy atom. The maximum atomic E-state index is 2.45. The molecule has 0 atom stereocenters. The van der Waals surface area contributed by atoms with Crippen molar-refractivity contribution in [2.24, 2.45) is 0 Å². The van der Waals surface area contributed by atoms with Crippen molar-refractivity contribution in [3.05, 3.63) is 39.6 Å². The second-order valence-electron chi connectivity index (χ2n) is 3.62. The smallest absolute Gasteiger partial charge is 0.187 e. The highest BCUT2D eigenvalue weighted by molar-refractivity contribution is 14.1. The summed E-state index contributed by atoms with van der Waals surface area (Å²) >= 11 is 2.45. The Hall–Kier alpha value is -0.640. The first-order valence-electron chi connectivity index (χ1n) is 5.37. The van der Waals surface area contributed by atoms with Gasteiger partial charge in [-0.25, -0.2) is 0 Å². The summed E-state index contributed by atoms with van der Waals surface area (Å²) in [4.78, 5) is 0. The third kappa shape index (κ3) is 1.87. The number of nitrogens with zero attached hydrogens (tertiary/aromatic N) is 1. The van der Waals surface area contributed by atoms with E-state index < -0.39 is 0 Å². The maximum absolute atomic E-state index is 2.45. The van der Waals surface area contributed by atoms with Crippen LogP contribution in [0.25, 0.3) is 10.9 Å². The first-order valence-corrected chi connectivity index (χ1v) is 6.45. The fourth-order valence-corrected chi connectivity index (χ4v) is 3.08. The molecule has 0 unspecified atom stereocenters. The van der Waals surface area contributed by atoms with Gasteiger partial charge in [-0.3, -0.25) is 0 Å². The summed E-state index contributed by atoms with van der Waals surface area (Å²) in [5.74, 6) is 0. The van der Waals surface area contributed by atoms with Crippen molar-refractivity contribution in [2.45, 2.75) is 26.8 Å². The molecule has 0 spiro atoms. The quantitative estimate of drug-likeness (QED) is 0.455. The van der Waals surface area contributed by atoms with E-state index in [1.54, 1.807) is 0 Å². The second kappa shape index (κ2) is 4.47. The van der Waals surface area contributed by atoms with E-state index in [0.29, 0.717) is 0 Å². The molecule has 0 saturated carbocycles. The van der Waals surface area contributed by atoms with Crippen molar-refractivity contribution >= 4 is 33.5 Å². The van der Waals surface area contributed by atoms with Crippen LogP contribution < -0.4 is 4.57 Å². The monoisotopic (exact) mass is 312 g/mol. The highest BCUT2D eigenvalue weighted by atomic mass is 127. The number of benzene rings is 1. The molecule has 1 nitrogen and oxygen atoms in total. The van der Waals surface area contributed by atoms with E-state index in [2.05, 4.69) is 71.3 Å². The van der Waals surface area contributed by atoms with Crippen LogP contribution in [0.1, 0.15) is 19.4 Å². The number of rotatable bonds is 2. The summed E-state index contributed by atoms with van der Waals surface area (Å²) in [6, 6.07) is 10.9. The molecule has 0 aliphatic carbocycles. The summed E-state index contributed by atoms with van der Waals surface area (Å²) < 4.78 is 3.76. The van der Waals surface area contributed by atoms with Gasteiger partial charge in [0.1, 0.15) is 6.54 Å². The molecule has 1 aromatic heterocycles. The fraction of sp³-hybridized carbons (Fsp3) is 0.308. The number of para-hydroxylation sites is 1. The number of halogens is 1. The predicted molar refractivity (Wildman–Crippen MR) is 71.9 cm³/mol. The Labute approximate surface area is 104 Å². The van der Waals surface area contributed by atoms with Crippen molar-refractivity contribution in [1.82, 2.24) is 0 Å². The lowest BCUT2D eigenvalue weighted by molar-refractivity contribution is -0.680. The summed E-state index contributed by atoms with van der Waals surface area (Å²) in [6.45, 7) is 5.45. The minimum Gasteiger partial charge on any atom is -0.187 e. The number of fused-ring (bicyclic) bond motifs is 1. The molecule has 0 aliphatic heterocycles. The van der Waals surface area contributed by atoms with Gasteiger partial charge in [0.15, 0.2) is 0 Å². The van der Waals surface area contributed by atoms with Crippen LogP contribution in [-0.2, 0) is 13.0 Å². The number of hydrogen-bond donors (Lipinski definition) is 0. The first-order chi connectivity index (χ1) is 7.27. The second-order valence-corrected chi connectivity index (χ2v) is 4.64. The molecule has 2 heteroatoms. The third-order valence-corrected chi connectivity index (χ3v) is 4.03. The molecule has 0 amide bonds. The van der Waals surface area contributed by atoms with Gasteiger partial charge in [-0.1, -0.05) is 19.1 Å². The zero-order valence-electron chi connectivity index (χ0n) is 9.13. The minimum atomic E-state index is 1.03. The van der Waals surface area contributed by atoms with E-state index in [0.717, 1.165) is 13.0 Å². The lowest BCUT2D eigenvalue weighted by Crippen LogP contribution is -2.38. The molecule has 0 bridgehead atoms. The molecule has 1 aromatic carbocycles. The highest BCUT2D eigenvalue weighted by Gasteiger charge is 2.15. The summed E-state index contributed by atoms with van der Waals surface area (Å²) in [6.07, 6.45) is 1.10. The summed E-state index contributed by atoms with van der Waals surface area (Å²) in [7, 11) is 0. The standard InChI is InChI=1S/C13H15IN/c1-3-10-9-11-7-5-6-8-12(11)15(4-2)13(10)14/h5-9H,3-4H2,1-2H3/q+1. The molecular weight excluding hydrogens is 297 g/mol. The van der Waals surface area contributed by atoms with E-state index in [1.807, 2.05) is 0 Å². The molecule has 0 fully saturated rings. The normalized spacial score (nSPS) is 10.9. The number of aromatic nitrogens is 1. The number of hydrogen-bond acceptors (Lipinski definition) is 0. The van der Waals surface area contributed by atoms with Gasteiger partial charge in [0, 0.05) is 39.6 Å². The van der Waals surface area contributed by atoms with Crippen LogP contribution in [0.4, 0.5) is 0 Å². The van der Waals surface area contributed by atoms with Crippen molar-refractivity contribution in [1.29, 1.82) is 0 Å². The average Bonchev–Trinajstić information content (AvgIpc) is 2.28. The van der Waals surface area contributed by atoms with Crippen LogP contribution in [0.3, 0.4) is 0 Å². The van der Waals surface area contributed by atoms with E-state index in [-0.39, 0.29) is 0 Å². The summed E-state index contributed by atoms with van der Waals surface area (Å²) in [5.41, 5.74) is 2.78. The van der Waals surface area contributed by atoms with E-state index >= 15 is 0 Å². The molecule has 2 aromatic rings. The van der Waals surface area contributed by atoms with Gasteiger partial charge in [-0.15, -0.1) is 0 Å². The Morgan fingerprint density at radius 1 is 1.20 bits per heavy atom. The Morgan fingerprint density at radius 2 is 1.93 bits per heavy atom. The molecule has 15 heavy (non-hydrogen) atoms. The largest absolute Gasteiger partial charge is 0.244 e. The zero-order chi connectivity index (χ0) is 10.8. The van der Waals surface area contributed by atoms with Crippen LogP contribution in [0.15, 0.2) is 30.3 Å². The average molecular weight is 312 g/mol. The zero-order valence-corrected chi connectivity index (χ0v) is 11.3. The SMILES string of the molecule is CCc1cc2ccccc2[n+](CC)c1I. The van der Waals surface area contributed by atoms with Crippen LogP contribution >= 0.6 is 22.6 Å². The van der Waals surface area contributed by atoms with Gasteiger partial charge in [0.05, 0.1) is 0 Å². The van der Waals surface area contributed by atoms with Gasteiger partial charge in [-0.05, 0) is 25.5 Å². The van der Waals surface area contributed by atoms with Gasteiger partial charge in [0.2, 0.25) is 9.22 Å². The lowest BCUT2D eigenvalue weighted by atomic mass is 10.1. The predicted octanol–water partition coefficient (Wildman–Crippen LogP) is 3.31. The van der Waals surface area contributed by atoms with Crippen LogP contribution in [0.5, 0.6) is 0 Å². The van der Waals surface area contributed by atoms with Gasteiger partial charge in [-0.2, -0.15) is 4.57 Å². The summed E-state index contributed by atoms with van der Waals surface area (Å²) in [5, 5.41) is 1.34. The fourth-order valence-electron chi connectivity index (χ4n) is 1.94. The van der Waals surface area contributed by atoms with E-state index in [1.165, 1.54) is 20.2 Å². The van der Waals surface area contributed by atoms with Crippen LogP contribution in [0, 0.1) is 3.70 Å². The minimum absolute atomic E-state index is 1.03. The molecular formula is C13H15IN+. The molecule has 0 radical (unpaired) electrons. The highest BCUT2D eigenvalue weighted by Crippen LogP contribution is 2.17. The maximum Gasteiger partial charge on any atom is 0.244 e. The van der Waals surface area contributed by atoms with Crippen LogP contribution in [0.2, 0.25) is 0 Å². The molecule has 78 valence electrons. The molecule has 0 aliphatic rings. The van der Waals surface area contributed by atoms with Crippen molar-refractivity contribution in [2.75, 3.05) is 0 Å². The Bertz CT molecular complexity index is 491. The third-order valence-electron chi connectivity index (χ3n) is 2.76. The first kappa shape index (κ1) is 10.9. The number of pyridine rings is 1. The molecule has 2 rings (SSSR count). The topological polar surface area (TPSA) is 3.88 Å². The van der Waals surface area contributed by atoms with Crippen molar-refractivity contribution < 1.29 is 4.57 Å². The van der Waals surface area contributed by atoms with Crippen molar-refractivity contribution in [3.8, 4) is 0 Å². The Kier molecular flexibility index (Phi) is 3.24. The van der Waals surface area contributed by atoms with Crippen LogP contribution in [-0.4, -0.2) is 0 Å². The Balaban J connectivity index is 2.83. The van der Waals surface area contributed by atoms with Gasteiger partial charge < -0.3 is 0 Å². The van der Waals surface area contributed by atoms with Gasteiger partial charge >= 0.3 is 0 Å². The molecule has 0 saturated heterocycles. The molecule has 1 heterocycles. The van der Waals surface area contributed by atoms with E-state index in [4.69, 9.17) is 0 Å². The molecule has 0 N–H and O–H groups in total.